The minimum atomic E-state index is -0.782. The molecule has 22 heavy (non-hydrogen) atoms. The molecule has 1 aromatic carbocycles. The Morgan fingerprint density at radius 2 is 1.91 bits per heavy atom. The molecule has 0 heterocycles. The number of aliphatic carboxylic acids is 1. The number of carbonyl (C=O) groups is 2. The molecule has 1 aromatic rings. The van der Waals surface area contributed by atoms with Gasteiger partial charge in [0.05, 0.1) is 11.6 Å². The summed E-state index contributed by atoms with van der Waals surface area (Å²) in [5.74, 6) is -1.58. The molecule has 0 radical (unpaired) electrons. The lowest BCUT2D eigenvalue weighted by Crippen LogP contribution is -2.41. The molecule has 2 amide bonds. The van der Waals surface area contributed by atoms with Crippen molar-refractivity contribution in [1.82, 2.24) is 5.32 Å². The molecule has 1 fully saturated rings. The van der Waals surface area contributed by atoms with Crippen LogP contribution < -0.4 is 10.6 Å². The predicted molar refractivity (Wildman–Crippen MR) is 84.4 cm³/mol. The zero-order valence-electron chi connectivity index (χ0n) is 12.2. The molecule has 2 rings (SSSR count). The zero-order chi connectivity index (χ0) is 16.3. The van der Waals surface area contributed by atoms with E-state index < -0.39 is 17.8 Å². The predicted octanol–water partition coefficient (Wildman–Crippen LogP) is 3.66. The SMILES string of the molecule is Cc1c(Br)ccc(NC(=O)NC2CCC(C(=O)O)CC2)c1F. The van der Waals surface area contributed by atoms with Gasteiger partial charge in [-0.05, 0) is 44.7 Å². The third-order valence-corrected chi connectivity index (χ3v) is 4.84. The summed E-state index contributed by atoms with van der Waals surface area (Å²) in [4.78, 5) is 22.8. The maximum absolute atomic E-state index is 14.0. The van der Waals surface area contributed by atoms with Gasteiger partial charge in [0.25, 0.3) is 0 Å². The number of anilines is 1. The lowest BCUT2D eigenvalue weighted by atomic mass is 9.86. The van der Waals surface area contributed by atoms with Gasteiger partial charge >= 0.3 is 12.0 Å². The van der Waals surface area contributed by atoms with Crippen LogP contribution in [-0.2, 0) is 4.79 Å². The number of rotatable bonds is 3. The highest BCUT2D eigenvalue weighted by atomic mass is 79.9. The van der Waals surface area contributed by atoms with Crippen molar-refractivity contribution in [2.45, 2.75) is 38.6 Å². The van der Waals surface area contributed by atoms with E-state index in [1.807, 2.05) is 0 Å². The molecule has 0 aromatic heterocycles. The molecule has 1 saturated carbocycles. The summed E-state index contributed by atoms with van der Waals surface area (Å²) >= 11 is 3.23. The maximum Gasteiger partial charge on any atom is 0.319 e. The molecule has 0 bridgehead atoms. The number of carboxylic acid groups (broad SMARTS) is 1. The largest absolute Gasteiger partial charge is 0.481 e. The standard InChI is InChI=1S/C15H18BrFN2O3/c1-8-11(16)6-7-12(13(8)17)19-15(22)18-10-4-2-9(3-5-10)14(20)21/h6-7,9-10H,2-5H2,1H3,(H,20,21)(H2,18,19,22). The Morgan fingerprint density at radius 1 is 1.27 bits per heavy atom. The molecular formula is C15H18BrFN2O3. The first-order valence-corrected chi connectivity index (χ1v) is 7.92. The van der Waals surface area contributed by atoms with Gasteiger partial charge in [-0.1, -0.05) is 15.9 Å². The highest BCUT2D eigenvalue weighted by Crippen LogP contribution is 2.26. The van der Waals surface area contributed by atoms with Gasteiger partial charge in [-0.25, -0.2) is 9.18 Å². The van der Waals surface area contributed by atoms with Crippen LogP contribution in [0.15, 0.2) is 16.6 Å². The van der Waals surface area contributed by atoms with Crippen LogP contribution in [0.1, 0.15) is 31.2 Å². The average molecular weight is 373 g/mol. The highest BCUT2D eigenvalue weighted by Gasteiger charge is 2.26. The second-order valence-corrected chi connectivity index (χ2v) is 6.37. The van der Waals surface area contributed by atoms with Crippen molar-refractivity contribution in [3.63, 3.8) is 0 Å². The molecule has 120 valence electrons. The van der Waals surface area contributed by atoms with Crippen LogP contribution in [-0.4, -0.2) is 23.1 Å². The number of benzene rings is 1. The number of urea groups is 1. The number of halogens is 2. The van der Waals surface area contributed by atoms with Gasteiger partial charge in [0.15, 0.2) is 5.82 Å². The number of hydrogen-bond donors (Lipinski definition) is 3. The highest BCUT2D eigenvalue weighted by molar-refractivity contribution is 9.10. The van der Waals surface area contributed by atoms with E-state index in [0.717, 1.165) is 0 Å². The summed E-state index contributed by atoms with van der Waals surface area (Å²) in [7, 11) is 0. The van der Waals surface area contributed by atoms with E-state index in [9.17, 15) is 14.0 Å². The van der Waals surface area contributed by atoms with E-state index >= 15 is 0 Å². The maximum atomic E-state index is 14.0. The topological polar surface area (TPSA) is 78.4 Å². The van der Waals surface area contributed by atoms with Crippen molar-refractivity contribution in [3.8, 4) is 0 Å². The van der Waals surface area contributed by atoms with Gasteiger partial charge in [0, 0.05) is 16.1 Å². The molecule has 0 atom stereocenters. The van der Waals surface area contributed by atoms with Gasteiger partial charge in [-0.2, -0.15) is 0 Å². The molecule has 0 spiro atoms. The molecule has 1 aliphatic rings. The summed E-state index contributed by atoms with van der Waals surface area (Å²) in [6.07, 6.45) is 2.33. The summed E-state index contributed by atoms with van der Waals surface area (Å²) in [5.41, 5.74) is 0.553. The van der Waals surface area contributed by atoms with Crippen LogP contribution in [0.4, 0.5) is 14.9 Å². The van der Waals surface area contributed by atoms with Crippen molar-refractivity contribution in [3.05, 3.63) is 28.0 Å². The third kappa shape index (κ3) is 3.97. The quantitative estimate of drug-likeness (QED) is 0.757. The van der Waals surface area contributed by atoms with Crippen molar-refractivity contribution < 1.29 is 19.1 Å². The van der Waals surface area contributed by atoms with Gasteiger partial charge in [-0.15, -0.1) is 0 Å². The van der Waals surface area contributed by atoms with E-state index in [-0.39, 0.29) is 17.6 Å². The van der Waals surface area contributed by atoms with Gasteiger partial charge in [0.2, 0.25) is 0 Å². The van der Waals surface area contributed by atoms with Crippen molar-refractivity contribution in [1.29, 1.82) is 0 Å². The Balaban J connectivity index is 1.89. The Hall–Kier alpha value is -1.63. The fourth-order valence-corrected chi connectivity index (χ4v) is 2.89. The minimum absolute atomic E-state index is 0.0739. The van der Waals surface area contributed by atoms with Crippen LogP contribution >= 0.6 is 15.9 Å². The second-order valence-electron chi connectivity index (χ2n) is 5.52. The summed E-state index contributed by atoms with van der Waals surface area (Å²) < 4.78 is 14.6. The number of nitrogens with one attached hydrogen (secondary N) is 2. The summed E-state index contributed by atoms with van der Waals surface area (Å²) in [6, 6.07) is 2.62. The number of amides is 2. The van der Waals surface area contributed by atoms with Gasteiger partial charge in [0.1, 0.15) is 0 Å². The smallest absolute Gasteiger partial charge is 0.319 e. The van der Waals surface area contributed by atoms with E-state index in [0.29, 0.717) is 35.7 Å². The van der Waals surface area contributed by atoms with Gasteiger partial charge < -0.3 is 15.7 Å². The lowest BCUT2D eigenvalue weighted by molar-refractivity contribution is -0.142. The van der Waals surface area contributed by atoms with Crippen LogP contribution in [0.5, 0.6) is 0 Å². The Kier molecular flexibility index (Phi) is 5.39. The fraction of sp³-hybridized carbons (Fsp3) is 0.467. The monoisotopic (exact) mass is 372 g/mol. The average Bonchev–Trinajstić information content (AvgIpc) is 2.48. The number of carboxylic acids is 1. The van der Waals surface area contributed by atoms with E-state index in [4.69, 9.17) is 5.11 Å². The third-order valence-electron chi connectivity index (χ3n) is 3.98. The first kappa shape index (κ1) is 16.7. The van der Waals surface area contributed by atoms with Crippen LogP contribution in [0.25, 0.3) is 0 Å². The van der Waals surface area contributed by atoms with Crippen molar-refractivity contribution >= 4 is 33.6 Å². The molecule has 0 unspecified atom stereocenters. The first-order valence-electron chi connectivity index (χ1n) is 7.13. The summed E-state index contributed by atoms with van der Waals surface area (Å²) in [6.45, 7) is 1.62. The Bertz CT molecular complexity index is 586. The van der Waals surface area contributed by atoms with Crippen LogP contribution in [0, 0.1) is 18.7 Å². The molecule has 0 aliphatic heterocycles. The zero-order valence-corrected chi connectivity index (χ0v) is 13.7. The van der Waals surface area contributed by atoms with Crippen molar-refractivity contribution in [2.75, 3.05) is 5.32 Å². The van der Waals surface area contributed by atoms with Gasteiger partial charge in [-0.3, -0.25) is 4.79 Å². The minimum Gasteiger partial charge on any atom is -0.481 e. The molecular weight excluding hydrogens is 355 g/mol. The van der Waals surface area contributed by atoms with E-state index in [2.05, 4.69) is 26.6 Å². The van der Waals surface area contributed by atoms with Crippen LogP contribution in [0.3, 0.4) is 0 Å². The molecule has 5 nitrogen and oxygen atoms in total. The van der Waals surface area contributed by atoms with Crippen molar-refractivity contribution in [2.24, 2.45) is 5.92 Å². The lowest BCUT2D eigenvalue weighted by Gasteiger charge is -2.26. The second kappa shape index (κ2) is 7.09. The molecule has 3 N–H and O–H groups in total. The molecule has 1 aliphatic carbocycles. The van der Waals surface area contributed by atoms with E-state index in [1.54, 1.807) is 13.0 Å². The van der Waals surface area contributed by atoms with Crippen LogP contribution in [0.2, 0.25) is 0 Å². The first-order chi connectivity index (χ1) is 10.4. The number of carbonyl (C=O) groups excluding carboxylic acids is 1. The molecule has 0 saturated heterocycles. The fourth-order valence-electron chi connectivity index (χ4n) is 2.59. The Morgan fingerprint density at radius 3 is 2.50 bits per heavy atom. The summed E-state index contributed by atoms with van der Waals surface area (Å²) in [5, 5.41) is 14.2. The molecule has 7 heteroatoms. The number of hydrogen-bond acceptors (Lipinski definition) is 2. The normalized spacial score (nSPS) is 21.2. The Labute approximate surface area is 136 Å². The van der Waals surface area contributed by atoms with E-state index in [1.165, 1.54) is 6.07 Å².